The topological polar surface area (TPSA) is 86.3 Å². The zero-order valence-corrected chi connectivity index (χ0v) is 18.8. The van der Waals surface area contributed by atoms with E-state index >= 15 is 0 Å². The van der Waals surface area contributed by atoms with E-state index < -0.39 is 0 Å². The molecule has 0 saturated heterocycles. The van der Waals surface area contributed by atoms with E-state index in [9.17, 15) is 9.59 Å². The number of hydrogen-bond donors (Lipinski definition) is 1. The van der Waals surface area contributed by atoms with Gasteiger partial charge in [-0.1, -0.05) is 12.1 Å². The first-order valence-electron chi connectivity index (χ1n) is 10.4. The predicted octanol–water partition coefficient (Wildman–Crippen LogP) is 3.33. The molecular formula is C24H28N2O6. The molecule has 0 atom stereocenters. The lowest BCUT2D eigenvalue weighted by Gasteiger charge is -2.15. The Hall–Kier alpha value is -3.52. The average molecular weight is 440 g/mol. The SMILES string of the molecule is CCOCCCN1C(=O)C(Nc2cccc(OC)c2)=C(c2ccc(OC)c(OC)c2)C1=O. The number of nitrogens with one attached hydrogen (secondary N) is 1. The summed E-state index contributed by atoms with van der Waals surface area (Å²) in [4.78, 5) is 27.8. The molecule has 1 N–H and O–H groups in total. The molecule has 170 valence electrons. The normalized spacial score (nSPS) is 13.6. The van der Waals surface area contributed by atoms with E-state index in [1.165, 1.54) is 19.1 Å². The van der Waals surface area contributed by atoms with E-state index in [1.807, 2.05) is 6.92 Å². The Morgan fingerprint density at radius 1 is 0.906 bits per heavy atom. The number of carbonyl (C=O) groups is 2. The Kier molecular flexibility index (Phi) is 7.72. The minimum absolute atomic E-state index is 0.201. The molecule has 2 aromatic carbocycles. The van der Waals surface area contributed by atoms with Gasteiger partial charge in [-0.2, -0.15) is 0 Å². The molecule has 0 spiro atoms. The van der Waals surface area contributed by atoms with Crippen molar-refractivity contribution in [2.24, 2.45) is 0 Å². The van der Waals surface area contributed by atoms with Crippen LogP contribution in [0.4, 0.5) is 5.69 Å². The number of amides is 2. The lowest BCUT2D eigenvalue weighted by atomic mass is 10.0. The zero-order chi connectivity index (χ0) is 23.1. The molecule has 3 rings (SSSR count). The van der Waals surface area contributed by atoms with E-state index in [0.29, 0.717) is 48.1 Å². The molecular weight excluding hydrogens is 412 g/mol. The van der Waals surface area contributed by atoms with Gasteiger partial charge in [-0.15, -0.1) is 0 Å². The van der Waals surface area contributed by atoms with Gasteiger partial charge in [0.2, 0.25) is 0 Å². The summed E-state index contributed by atoms with van der Waals surface area (Å²) < 4.78 is 21.3. The van der Waals surface area contributed by atoms with Crippen molar-refractivity contribution in [1.29, 1.82) is 0 Å². The van der Waals surface area contributed by atoms with Crippen LogP contribution in [0, 0.1) is 0 Å². The van der Waals surface area contributed by atoms with Crippen LogP contribution < -0.4 is 19.5 Å². The van der Waals surface area contributed by atoms with Gasteiger partial charge in [-0.25, -0.2) is 0 Å². The summed E-state index contributed by atoms with van der Waals surface area (Å²) in [6.45, 7) is 3.22. The summed E-state index contributed by atoms with van der Waals surface area (Å²) in [6.07, 6.45) is 0.553. The largest absolute Gasteiger partial charge is 0.497 e. The fourth-order valence-corrected chi connectivity index (χ4v) is 3.47. The molecule has 2 amide bonds. The van der Waals surface area contributed by atoms with Gasteiger partial charge in [0.25, 0.3) is 11.8 Å². The van der Waals surface area contributed by atoms with Crippen molar-refractivity contribution in [3.05, 3.63) is 53.7 Å². The van der Waals surface area contributed by atoms with Crippen molar-refractivity contribution in [3.63, 3.8) is 0 Å². The molecule has 0 bridgehead atoms. The molecule has 8 heteroatoms. The number of nitrogens with zero attached hydrogens (tertiary/aromatic N) is 1. The molecule has 2 aromatic rings. The Balaban J connectivity index is 2.01. The van der Waals surface area contributed by atoms with Crippen LogP contribution in [0.25, 0.3) is 5.57 Å². The van der Waals surface area contributed by atoms with Gasteiger partial charge >= 0.3 is 0 Å². The summed E-state index contributed by atoms with van der Waals surface area (Å²) in [6, 6.07) is 12.3. The van der Waals surface area contributed by atoms with Gasteiger partial charge in [0.05, 0.1) is 26.9 Å². The molecule has 1 heterocycles. The zero-order valence-electron chi connectivity index (χ0n) is 18.8. The lowest BCUT2D eigenvalue weighted by molar-refractivity contribution is -0.137. The average Bonchev–Trinajstić information content (AvgIpc) is 3.05. The number of benzene rings is 2. The Bertz CT molecular complexity index is 1020. The minimum atomic E-state index is -0.390. The van der Waals surface area contributed by atoms with Crippen LogP contribution in [0.2, 0.25) is 0 Å². The maximum absolute atomic E-state index is 13.3. The van der Waals surface area contributed by atoms with Crippen LogP contribution in [0.15, 0.2) is 48.2 Å². The highest BCUT2D eigenvalue weighted by atomic mass is 16.5. The molecule has 0 aliphatic carbocycles. The van der Waals surface area contributed by atoms with Crippen LogP contribution in [-0.4, -0.2) is 57.8 Å². The molecule has 0 radical (unpaired) electrons. The summed E-state index contributed by atoms with van der Waals surface area (Å²) in [5, 5.41) is 3.13. The molecule has 1 aliphatic rings. The summed E-state index contributed by atoms with van der Waals surface area (Å²) in [5.41, 5.74) is 1.66. The maximum Gasteiger partial charge on any atom is 0.278 e. The summed E-state index contributed by atoms with van der Waals surface area (Å²) in [5.74, 6) is 0.870. The quantitative estimate of drug-likeness (QED) is 0.424. The van der Waals surface area contributed by atoms with Gasteiger partial charge in [0.15, 0.2) is 11.5 Å². The third kappa shape index (κ3) is 4.86. The fourth-order valence-electron chi connectivity index (χ4n) is 3.47. The van der Waals surface area contributed by atoms with Gasteiger partial charge in [-0.05, 0) is 43.2 Å². The first-order valence-corrected chi connectivity index (χ1v) is 10.4. The van der Waals surface area contributed by atoms with Crippen molar-refractivity contribution >= 4 is 23.1 Å². The summed E-state index contributed by atoms with van der Waals surface area (Å²) >= 11 is 0. The molecule has 0 saturated carbocycles. The van der Waals surface area contributed by atoms with Crippen molar-refractivity contribution < 1.29 is 28.5 Å². The lowest BCUT2D eigenvalue weighted by Crippen LogP contribution is -2.34. The van der Waals surface area contributed by atoms with Crippen molar-refractivity contribution in [1.82, 2.24) is 4.90 Å². The number of hydrogen-bond acceptors (Lipinski definition) is 7. The van der Waals surface area contributed by atoms with Crippen LogP contribution >= 0.6 is 0 Å². The molecule has 0 unspecified atom stereocenters. The second-order valence-electron chi connectivity index (χ2n) is 6.99. The highest BCUT2D eigenvalue weighted by Gasteiger charge is 2.39. The maximum atomic E-state index is 13.3. The van der Waals surface area contributed by atoms with E-state index in [2.05, 4.69) is 5.32 Å². The van der Waals surface area contributed by atoms with E-state index in [4.69, 9.17) is 18.9 Å². The van der Waals surface area contributed by atoms with Gasteiger partial charge in [0.1, 0.15) is 11.4 Å². The molecule has 8 nitrogen and oxygen atoms in total. The number of ether oxygens (including phenoxy) is 4. The fraction of sp³-hybridized carbons (Fsp3) is 0.333. The van der Waals surface area contributed by atoms with Crippen LogP contribution in [-0.2, 0) is 14.3 Å². The van der Waals surface area contributed by atoms with Gasteiger partial charge in [-0.3, -0.25) is 14.5 Å². The van der Waals surface area contributed by atoms with E-state index in [-0.39, 0.29) is 29.6 Å². The summed E-state index contributed by atoms with van der Waals surface area (Å²) in [7, 11) is 4.63. The number of imide groups is 1. The predicted molar refractivity (Wildman–Crippen MR) is 121 cm³/mol. The van der Waals surface area contributed by atoms with Crippen molar-refractivity contribution in [2.75, 3.05) is 46.4 Å². The third-order valence-corrected chi connectivity index (χ3v) is 5.05. The molecule has 32 heavy (non-hydrogen) atoms. The number of methoxy groups -OCH3 is 3. The highest BCUT2D eigenvalue weighted by molar-refractivity contribution is 6.36. The monoisotopic (exact) mass is 440 g/mol. The van der Waals surface area contributed by atoms with E-state index in [0.717, 1.165) is 0 Å². The minimum Gasteiger partial charge on any atom is -0.497 e. The number of rotatable bonds is 11. The first kappa shape index (κ1) is 23.1. The Labute approximate surface area is 187 Å². The second-order valence-corrected chi connectivity index (χ2v) is 6.99. The van der Waals surface area contributed by atoms with Crippen molar-refractivity contribution in [2.45, 2.75) is 13.3 Å². The number of anilines is 1. The van der Waals surface area contributed by atoms with E-state index in [1.54, 1.807) is 49.6 Å². The highest BCUT2D eigenvalue weighted by Crippen LogP contribution is 2.36. The van der Waals surface area contributed by atoms with Crippen LogP contribution in [0.3, 0.4) is 0 Å². The molecule has 0 fully saturated rings. The smallest absolute Gasteiger partial charge is 0.278 e. The molecule has 0 aromatic heterocycles. The second kappa shape index (κ2) is 10.7. The van der Waals surface area contributed by atoms with Gasteiger partial charge < -0.3 is 24.3 Å². The van der Waals surface area contributed by atoms with Crippen molar-refractivity contribution in [3.8, 4) is 17.2 Å². The van der Waals surface area contributed by atoms with Gasteiger partial charge in [0, 0.05) is 31.5 Å². The Morgan fingerprint density at radius 3 is 2.38 bits per heavy atom. The number of carbonyl (C=O) groups excluding carboxylic acids is 2. The van der Waals surface area contributed by atoms with Crippen LogP contribution in [0.1, 0.15) is 18.9 Å². The third-order valence-electron chi connectivity index (χ3n) is 5.05. The van der Waals surface area contributed by atoms with Crippen LogP contribution in [0.5, 0.6) is 17.2 Å². The molecule has 1 aliphatic heterocycles. The Morgan fingerprint density at radius 2 is 1.69 bits per heavy atom. The first-order chi connectivity index (χ1) is 15.5. The standard InChI is InChI=1S/C24H28N2O6/c1-5-32-13-7-12-26-23(27)21(16-10-11-19(30-3)20(14-16)31-4)22(24(26)28)25-17-8-6-9-18(15-17)29-2/h6,8-11,14-15,25H,5,7,12-13H2,1-4H3.